The number of benzene rings is 1. The Labute approximate surface area is 113 Å². The molecule has 0 saturated carbocycles. The first-order valence-electron chi connectivity index (χ1n) is 6.84. The van der Waals surface area contributed by atoms with Gasteiger partial charge in [-0.15, -0.1) is 0 Å². The summed E-state index contributed by atoms with van der Waals surface area (Å²) in [5.41, 5.74) is 4.44. The molecule has 0 N–H and O–H groups in total. The summed E-state index contributed by atoms with van der Waals surface area (Å²) in [4.78, 5) is 16.6. The number of carbonyl (C=O) groups excluding carboxylic acids is 1. The first-order valence-corrected chi connectivity index (χ1v) is 6.84. The fraction of sp³-hybridized carbons (Fsp3) is 0.294. The maximum absolute atomic E-state index is 12.4. The molecule has 0 fully saturated rings. The molecule has 2 heteroatoms. The van der Waals surface area contributed by atoms with E-state index in [1.165, 1.54) is 11.1 Å². The van der Waals surface area contributed by atoms with E-state index in [4.69, 9.17) is 0 Å². The molecule has 0 bridgehead atoms. The van der Waals surface area contributed by atoms with E-state index >= 15 is 0 Å². The van der Waals surface area contributed by atoms with Gasteiger partial charge < -0.3 is 0 Å². The van der Waals surface area contributed by atoms with Crippen LogP contribution in [0.25, 0.3) is 0 Å². The second-order valence-electron chi connectivity index (χ2n) is 5.09. The summed E-state index contributed by atoms with van der Waals surface area (Å²) < 4.78 is 0. The summed E-state index contributed by atoms with van der Waals surface area (Å²) in [5, 5.41) is 0. The van der Waals surface area contributed by atoms with E-state index < -0.39 is 0 Å². The van der Waals surface area contributed by atoms with Gasteiger partial charge in [0.25, 0.3) is 0 Å². The van der Waals surface area contributed by atoms with Gasteiger partial charge in [-0.25, -0.2) is 0 Å². The van der Waals surface area contributed by atoms with Crippen molar-refractivity contribution >= 4 is 5.78 Å². The number of hydrogen-bond acceptors (Lipinski definition) is 2. The van der Waals surface area contributed by atoms with Gasteiger partial charge in [0.1, 0.15) is 5.69 Å². The van der Waals surface area contributed by atoms with Crippen molar-refractivity contribution in [3.8, 4) is 0 Å². The molecule has 3 rings (SSSR count). The Morgan fingerprint density at radius 3 is 2.89 bits per heavy atom. The molecule has 0 aliphatic heterocycles. The van der Waals surface area contributed by atoms with Crippen LogP contribution in [0.4, 0.5) is 0 Å². The van der Waals surface area contributed by atoms with Crippen molar-refractivity contribution < 1.29 is 4.79 Å². The first kappa shape index (κ1) is 12.1. The fourth-order valence-corrected chi connectivity index (χ4v) is 2.84. The van der Waals surface area contributed by atoms with E-state index in [0.29, 0.717) is 18.0 Å². The summed E-state index contributed by atoms with van der Waals surface area (Å²) in [6, 6.07) is 12.3. The lowest BCUT2D eigenvalue weighted by molar-refractivity contribution is 0.0964. The van der Waals surface area contributed by atoms with Crippen LogP contribution in [-0.4, -0.2) is 10.8 Å². The van der Waals surface area contributed by atoms with Crippen molar-refractivity contribution in [1.29, 1.82) is 0 Å². The number of rotatable bonds is 4. The number of ketones is 1. The van der Waals surface area contributed by atoms with Gasteiger partial charge in [0.2, 0.25) is 0 Å². The smallest absolute Gasteiger partial charge is 0.182 e. The molecule has 1 heterocycles. The molecule has 1 aliphatic rings. The summed E-state index contributed by atoms with van der Waals surface area (Å²) in [6.07, 6.45) is 4.18. The second-order valence-corrected chi connectivity index (χ2v) is 5.09. The molecule has 1 aliphatic carbocycles. The fourth-order valence-electron chi connectivity index (χ4n) is 2.84. The van der Waals surface area contributed by atoms with Crippen LogP contribution in [0.1, 0.15) is 46.4 Å². The molecule has 1 aromatic heterocycles. The lowest BCUT2D eigenvalue weighted by Gasteiger charge is -2.29. The number of hydrogen-bond donors (Lipinski definition) is 0. The van der Waals surface area contributed by atoms with Crippen LogP contribution in [0.2, 0.25) is 0 Å². The van der Waals surface area contributed by atoms with Gasteiger partial charge in [-0.2, -0.15) is 0 Å². The molecule has 0 spiro atoms. The molecule has 0 radical (unpaired) electrons. The number of aromatic nitrogens is 1. The maximum atomic E-state index is 12.4. The van der Waals surface area contributed by atoms with Crippen molar-refractivity contribution in [3.05, 3.63) is 65.0 Å². The van der Waals surface area contributed by atoms with E-state index in [1.54, 1.807) is 6.20 Å². The van der Waals surface area contributed by atoms with E-state index in [2.05, 4.69) is 30.1 Å². The Kier molecular flexibility index (Phi) is 3.16. The third-order valence-electron chi connectivity index (χ3n) is 3.93. The second kappa shape index (κ2) is 4.96. The molecular formula is C17H17NO. The Morgan fingerprint density at radius 1 is 1.26 bits per heavy atom. The van der Waals surface area contributed by atoms with Gasteiger partial charge in [0.05, 0.1) is 0 Å². The van der Waals surface area contributed by atoms with Crippen LogP contribution in [0.3, 0.4) is 0 Å². The lowest BCUT2D eigenvalue weighted by atomic mass is 9.74. The predicted octanol–water partition coefficient (Wildman–Crippen LogP) is 3.56. The number of aryl methyl sites for hydroxylation is 1. The van der Waals surface area contributed by atoms with E-state index in [0.717, 1.165) is 18.4 Å². The molecule has 2 nitrogen and oxygen atoms in total. The zero-order valence-corrected chi connectivity index (χ0v) is 11.1. The van der Waals surface area contributed by atoms with Crippen molar-refractivity contribution in [2.45, 2.75) is 32.1 Å². The Morgan fingerprint density at radius 2 is 2.11 bits per heavy atom. The molecule has 1 aromatic carbocycles. The first-order chi connectivity index (χ1) is 9.29. The van der Waals surface area contributed by atoms with E-state index in [1.807, 2.05) is 18.2 Å². The van der Waals surface area contributed by atoms with Crippen LogP contribution >= 0.6 is 0 Å². The van der Waals surface area contributed by atoms with Gasteiger partial charge in [0.15, 0.2) is 5.78 Å². The SMILES string of the molecule is CCc1cccnc1C(=O)CC1Cc2ccccc21. The highest BCUT2D eigenvalue weighted by Crippen LogP contribution is 2.37. The van der Waals surface area contributed by atoms with Gasteiger partial charge >= 0.3 is 0 Å². The van der Waals surface area contributed by atoms with Gasteiger partial charge in [-0.3, -0.25) is 9.78 Å². The van der Waals surface area contributed by atoms with Crippen LogP contribution in [0, 0.1) is 0 Å². The lowest BCUT2D eigenvalue weighted by Crippen LogP contribution is -2.21. The van der Waals surface area contributed by atoms with Crippen LogP contribution in [0.15, 0.2) is 42.6 Å². The van der Waals surface area contributed by atoms with Gasteiger partial charge in [0, 0.05) is 12.6 Å². The Hall–Kier alpha value is -1.96. The monoisotopic (exact) mass is 251 g/mol. The van der Waals surface area contributed by atoms with Crippen LogP contribution in [-0.2, 0) is 12.8 Å². The number of Topliss-reactive ketones (excluding diaryl/α,β-unsaturated/α-hetero) is 1. The number of carbonyl (C=O) groups is 1. The third kappa shape index (κ3) is 2.19. The standard InChI is InChI=1S/C17H17NO/c1-2-12-7-5-9-18-17(12)16(19)11-14-10-13-6-3-4-8-15(13)14/h3-9,14H,2,10-11H2,1H3. The number of fused-ring (bicyclic) bond motifs is 1. The highest BCUT2D eigenvalue weighted by atomic mass is 16.1. The summed E-state index contributed by atoms with van der Waals surface area (Å²) in [7, 11) is 0. The predicted molar refractivity (Wildman–Crippen MR) is 75.4 cm³/mol. The normalized spacial score (nSPS) is 16.6. The Balaban J connectivity index is 1.77. The highest BCUT2D eigenvalue weighted by Gasteiger charge is 2.28. The summed E-state index contributed by atoms with van der Waals surface area (Å²) >= 11 is 0. The van der Waals surface area contributed by atoms with Crippen molar-refractivity contribution in [3.63, 3.8) is 0 Å². The zero-order valence-electron chi connectivity index (χ0n) is 11.1. The largest absolute Gasteiger partial charge is 0.292 e. The maximum Gasteiger partial charge on any atom is 0.182 e. The van der Waals surface area contributed by atoms with Gasteiger partial charge in [-0.05, 0) is 41.5 Å². The molecule has 0 amide bonds. The molecule has 1 unspecified atom stereocenters. The molecular weight excluding hydrogens is 234 g/mol. The zero-order chi connectivity index (χ0) is 13.2. The molecule has 1 atom stereocenters. The minimum atomic E-state index is 0.178. The summed E-state index contributed by atoms with van der Waals surface area (Å²) in [5.74, 6) is 0.562. The third-order valence-corrected chi connectivity index (χ3v) is 3.93. The van der Waals surface area contributed by atoms with Crippen molar-refractivity contribution in [2.75, 3.05) is 0 Å². The van der Waals surface area contributed by atoms with E-state index in [-0.39, 0.29) is 5.78 Å². The molecule has 2 aromatic rings. The number of nitrogens with zero attached hydrogens (tertiary/aromatic N) is 1. The van der Waals surface area contributed by atoms with Crippen molar-refractivity contribution in [1.82, 2.24) is 4.98 Å². The van der Waals surface area contributed by atoms with Crippen LogP contribution in [0.5, 0.6) is 0 Å². The average molecular weight is 251 g/mol. The van der Waals surface area contributed by atoms with Crippen molar-refractivity contribution in [2.24, 2.45) is 0 Å². The molecule has 0 saturated heterocycles. The Bertz CT molecular complexity index is 618. The van der Waals surface area contributed by atoms with E-state index in [9.17, 15) is 4.79 Å². The minimum Gasteiger partial charge on any atom is -0.292 e. The molecule has 19 heavy (non-hydrogen) atoms. The summed E-state index contributed by atoms with van der Waals surface area (Å²) in [6.45, 7) is 2.06. The highest BCUT2D eigenvalue weighted by molar-refractivity contribution is 5.96. The average Bonchev–Trinajstić information content (AvgIpc) is 2.44. The number of pyridine rings is 1. The molecule has 96 valence electrons. The van der Waals surface area contributed by atoms with Gasteiger partial charge in [-0.1, -0.05) is 37.3 Å². The minimum absolute atomic E-state index is 0.178. The topological polar surface area (TPSA) is 30.0 Å². The quantitative estimate of drug-likeness (QED) is 0.778. The van der Waals surface area contributed by atoms with Crippen LogP contribution < -0.4 is 0 Å².